The molecule has 2 fully saturated rings. The maximum Gasteiger partial charge on any atom is 0.0489 e. The van der Waals surface area contributed by atoms with Crippen LogP contribution in [0, 0.1) is 17.8 Å². The number of hydrogen-bond donors (Lipinski definition) is 1. The van der Waals surface area contributed by atoms with Gasteiger partial charge in [-0.15, -0.1) is 0 Å². The first kappa shape index (κ1) is 12.4. The summed E-state index contributed by atoms with van der Waals surface area (Å²) in [6.07, 6.45) is 7.05. The molecule has 0 aromatic heterocycles. The van der Waals surface area contributed by atoms with Crippen LogP contribution in [0.15, 0.2) is 0 Å². The topological polar surface area (TPSA) is 21.3 Å². The third-order valence-electron chi connectivity index (χ3n) is 3.56. The fourth-order valence-electron chi connectivity index (χ4n) is 2.39. The summed E-state index contributed by atoms with van der Waals surface area (Å²) in [4.78, 5) is 0. The van der Waals surface area contributed by atoms with E-state index < -0.39 is 0 Å². The molecule has 0 spiro atoms. The van der Waals surface area contributed by atoms with Crippen molar-refractivity contribution in [3.8, 4) is 0 Å². The third kappa shape index (κ3) is 4.42. The van der Waals surface area contributed by atoms with Crippen molar-refractivity contribution in [1.29, 1.82) is 0 Å². The van der Waals surface area contributed by atoms with E-state index in [1.807, 2.05) is 0 Å². The second kappa shape index (κ2) is 6.02. The summed E-state index contributed by atoms with van der Waals surface area (Å²) in [5.74, 6) is 2.70. The zero-order valence-corrected chi connectivity index (χ0v) is 10.9. The fourth-order valence-corrected chi connectivity index (χ4v) is 2.39. The maximum absolute atomic E-state index is 5.59. The quantitative estimate of drug-likeness (QED) is 0.609. The van der Waals surface area contributed by atoms with E-state index >= 15 is 0 Å². The van der Waals surface area contributed by atoms with Crippen molar-refractivity contribution in [2.24, 2.45) is 17.8 Å². The van der Waals surface area contributed by atoms with Crippen LogP contribution in [0.1, 0.15) is 46.0 Å². The molecule has 0 unspecified atom stereocenters. The molecule has 0 saturated heterocycles. The number of hydrogen-bond acceptors (Lipinski definition) is 2. The van der Waals surface area contributed by atoms with Crippen LogP contribution in [0.25, 0.3) is 0 Å². The highest BCUT2D eigenvalue weighted by Crippen LogP contribution is 2.44. The molecule has 2 heteroatoms. The van der Waals surface area contributed by atoms with Crippen molar-refractivity contribution in [2.75, 3.05) is 19.8 Å². The highest BCUT2D eigenvalue weighted by atomic mass is 16.5. The summed E-state index contributed by atoms with van der Waals surface area (Å²) < 4.78 is 5.59. The van der Waals surface area contributed by atoms with Gasteiger partial charge < -0.3 is 10.1 Å². The second-order valence-corrected chi connectivity index (χ2v) is 5.98. The average molecular weight is 225 g/mol. The summed E-state index contributed by atoms with van der Waals surface area (Å²) in [6.45, 7) is 7.39. The van der Waals surface area contributed by atoms with Crippen LogP contribution in [0.2, 0.25) is 0 Å². The lowest BCUT2D eigenvalue weighted by molar-refractivity contribution is 0.107. The van der Waals surface area contributed by atoms with Gasteiger partial charge in [0.15, 0.2) is 0 Å². The fraction of sp³-hybridized carbons (Fsp3) is 1.00. The Balaban J connectivity index is 1.46. The molecule has 0 amide bonds. The molecule has 0 bridgehead atoms. The molecule has 1 N–H and O–H groups in total. The number of nitrogens with one attached hydrogen (secondary N) is 1. The van der Waals surface area contributed by atoms with E-state index in [-0.39, 0.29) is 0 Å². The van der Waals surface area contributed by atoms with Crippen LogP contribution in [0.4, 0.5) is 0 Å². The van der Waals surface area contributed by atoms with E-state index in [0.29, 0.717) is 5.92 Å². The first-order valence-corrected chi connectivity index (χ1v) is 7.08. The SMILES string of the molecule is CC(C)COCCCNC(C1CC1)C1CC1. The molecule has 2 aliphatic carbocycles. The standard InChI is InChI=1S/C14H27NO/c1-11(2)10-16-9-3-8-15-14(12-4-5-12)13-6-7-13/h11-15H,3-10H2,1-2H3. The molecule has 2 nitrogen and oxygen atoms in total. The van der Waals surface area contributed by atoms with Gasteiger partial charge >= 0.3 is 0 Å². The molecular weight excluding hydrogens is 198 g/mol. The molecule has 0 aliphatic heterocycles. The maximum atomic E-state index is 5.59. The van der Waals surface area contributed by atoms with Crippen LogP contribution in [-0.2, 0) is 4.74 Å². The Bertz CT molecular complexity index is 185. The Morgan fingerprint density at radius 1 is 1.12 bits per heavy atom. The molecule has 2 saturated carbocycles. The molecule has 0 aromatic rings. The van der Waals surface area contributed by atoms with Crippen LogP contribution < -0.4 is 5.32 Å². The lowest BCUT2D eigenvalue weighted by Crippen LogP contribution is -2.34. The third-order valence-corrected chi connectivity index (χ3v) is 3.56. The van der Waals surface area contributed by atoms with Crippen molar-refractivity contribution in [3.05, 3.63) is 0 Å². The predicted molar refractivity (Wildman–Crippen MR) is 67.5 cm³/mol. The molecule has 0 heterocycles. The monoisotopic (exact) mass is 225 g/mol. The minimum Gasteiger partial charge on any atom is -0.381 e. The average Bonchev–Trinajstić information content (AvgIpc) is 3.10. The van der Waals surface area contributed by atoms with Gasteiger partial charge in [-0.2, -0.15) is 0 Å². The summed E-state index contributed by atoms with van der Waals surface area (Å²) in [5.41, 5.74) is 0. The highest BCUT2D eigenvalue weighted by Gasteiger charge is 2.40. The zero-order valence-electron chi connectivity index (χ0n) is 10.9. The minimum absolute atomic E-state index is 0.665. The van der Waals surface area contributed by atoms with Crippen LogP contribution >= 0.6 is 0 Å². The molecule has 2 rings (SSSR count). The van der Waals surface area contributed by atoms with Crippen molar-refractivity contribution in [2.45, 2.75) is 52.0 Å². The predicted octanol–water partition coefficient (Wildman–Crippen LogP) is 2.83. The Morgan fingerprint density at radius 2 is 1.75 bits per heavy atom. The molecule has 0 radical (unpaired) electrons. The minimum atomic E-state index is 0.665. The Labute approximate surface area is 100 Å². The van der Waals surface area contributed by atoms with Gasteiger partial charge in [-0.1, -0.05) is 13.8 Å². The van der Waals surface area contributed by atoms with Crippen molar-refractivity contribution < 1.29 is 4.74 Å². The van der Waals surface area contributed by atoms with Gasteiger partial charge in [-0.25, -0.2) is 0 Å². The van der Waals surface area contributed by atoms with E-state index in [2.05, 4.69) is 19.2 Å². The van der Waals surface area contributed by atoms with E-state index in [1.54, 1.807) is 0 Å². The zero-order chi connectivity index (χ0) is 11.4. The lowest BCUT2D eigenvalue weighted by Gasteiger charge is -2.17. The van der Waals surface area contributed by atoms with Crippen molar-refractivity contribution in [3.63, 3.8) is 0 Å². The van der Waals surface area contributed by atoms with Gasteiger partial charge in [0.05, 0.1) is 0 Å². The Kier molecular flexibility index (Phi) is 4.66. The van der Waals surface area contributed by atoms with Gasteiger partial charge in [0, 0.05) is 19.3 Å². The second-order valence-electron chi connectivity index (χ2n) is 5.98. The Hall–Kier alpha value is -0.0800. The first-order valence-electron chi connectivity index (χ1n) is 7.08. The van der Waals surface area contributed by atoms with E-state index in [1.165, 1.54) is 32.1 Å². The molecule has 0 atom stereocenters. The molecular formula is C14H27NO. The van der Waals surface area contributed by atoms with Crippen LogP contribution in [0.5, 0.6) is 0 Å². The van der Waals surface area contributed by atoms with Crippen molar-refractivity contribution >= 4 is 0 Å². The molecule has 16 heavy (non-hydrogen) atoms. The number of rotatable bonds is 9. The van der Waals surface area contributed by atoms with Gasteiger partial charge in [-0.3, -0.25) is 0 Å². The largest absolute Gasteiger partial charge is 0.381 e. The number of ether oxygens (including phenoxy) is 1. The summed E-state index contributed by atoms with van der Waals surface area (Å²) >= 11 is 0. The smallest absolute Gasteiger partial charge is 0.0489 e. The van der Waals surface area contributed by atoms with Crippen LogP contribution in [0.3, 0.4) is 0 Å². The lowest BCUT2D eigenvalue weighted by atomic mass is 10.1. The molecule has 2 aliphatic rings. The molecule has 94 valence electrons. The normalized spacial score (nSPS) is 21.0. The summed E-state index contributed by atoms with van der Waals surface area (Å²) in [6, 6.07) is 0.852. The van der Waals surface area contributed by atoms with Crippen molar-refractivity contribution in [1.82, 2.24) is 5.32 Å². The first-order chi connectivity index (χ1) is 7.77. The highest BCUT2D eigenvalue weighted by molar-refractivity contribution is 4.96. The van der Waals surface area contributed by atoms with E-state index in [0.717, 1.165) is 37.6 Å². The van der Waals surface area contributed by atoms with Gasteiger partial charge in [0.25, 0.3) is 0 Å². The summed E-state index contributed by atoms with van der Waals surface area (Å²) in [7, 11) is 0. The molecule has 0 aromatic carbocycles. The summed E-state index contributed by atoms with van der Waals surface area (Å²) in [5, 5.41) is 3.75. The van der Waals surface area contributed by atoms with Gasteiger partial charge in [0.1, 0.15) is 0 Å². The van der Waals surface area contributed by atoms with Gasteiger partial charge in [0.2, 0.25) is 0 Å². The Morgan fingerprint density at radius 3 is 2.25 bits per heavy atom. The van der Waals surface area contributed by atoms with E-state index in [9.17, 15) is 0 Å². The van der Waals surface area contributed by atoms with Crippen LogP contribution in [-0.4, -0.2) is 25.8 Å². The van der Waals surface area contributed by atoms with Gasteiger partial charge in [-0.05, 0) is 56.4 Å². The van der Waals surface area contributed by atoms with E-state index in [4.69, 9.17) is 4.74 Å².